The monoisotopic (exact) mass is 109 g/mol. The molecule has 1 aliphatic carbocycles. The summed E-state index contributed by atoms with van der Waals surface area (Å²) in [4.78, 5) is 0. The second-order valence-electron chi connectivity index (χ2n) is 2.23. The average Bonchev–Trinajstić information content (AvgIpc) is 2.58. The molecule has 0 aromatic carbocycles. The first-order chi connectivity index (χ1) is 4.36. The van der Waals surface area contributed by atoms with Crippen molar-refractivity contribution in [3.63, 3.8) is 0 Å². The minimum Gasteiger partial charge on any atom is -0.282 e. The molecule has 8 heavy (non-hydrogen) atoms. The summed E-state index contributed by atoms with van der Waals surface area (Å²) in [6, 6.07) is 1.80. The van der Waals surface area contributed by atoms with Crippen LogP contribution in [-0.4, -0.2) is 10.2 Å². The lowest BCUT2D eigenvalue weighted by atomic mass is 10.3. The highest BCUT2D eigenvalue weighted by Crippen LogP contribution is 2.38. The molecule has 2 heteroatoms. The van der Waals surface area contributed by atoms with Gasteiger partial charge in [0.2, 0.25) is 0 Å². The normalized spacial score (nSPS) is 20.8. The molecule has 1 N–H and O–H groups in total. The molecular formula is C6H8N2. The van der Waals surface area contributed by atoms with E-state index < -0.39 is 0 Å². The molecule has 1 aliphatic rings. The molecule has 0 spiro atoms. The van der Waals surface area contributed by atoms with E-state index in [0.29, 0.717) is 12.1 Å². The van der Waals surface area contributed by atoms with Gasteiger partial charge in [-0.25, -0.2) is 0 Å². The van der Waals surface area contributed by atoms with Gasteiger partial charge in [-0.3, -0.25) is 5.10 Å². The lowest BCUT2D eigenvalue weighted by molar-refractivity contribution is 0.965. The molecular weight excluding hydrogens is 100 g/mol. The van der Waals surface area contributed by atoms with E-state index in [-0.39, 0.29) is 0 Å². The second kappa shape index (κ2) is 1.34. The third kappa shape index (κ3) is 0.529. The van der Waals surface area contributed by atoms with E-state index in [9.17, 15) is 0 Å². The average molecular weight is 109 g/mol. The van der Waals surface area contributed by atoms with E-state index >= 15 is 0 Å². The number of aromatic amines is 1. The van der Waals surface area contributed by atoms with Gasteiger partial charge in [0.15, 0.2) is 0 Å². The maximum atomic E-state index is 7.09. The van der Waals surface area contributed by atoms with Crippen molar-refractivity contribution < 1.29 is 1.37 Å². The molecule has 0 unspecified atom stereocenters. The van der Waals surface area contributed by atoms with Crippen LogP contribution in [0.15, 0.2) is 12.2 Å². The van der Waals surface area contributed by atoms with E-state index in [4.69, 9.17) is 1.37 Å². The van der Waals surface area contributed by atoms with Gasteiger partial charge in [-0.1, -0.05) is 0 Å². The van der Waals surface area contributed by atoms with Crippen LogP contribution in [0, 0.1) is 0 Å². The van der Waals surface area contributed by atoms with Crippen molar-refractivity contribution in [3.8, 4) is 0 Å². The molecule has 0 saturated heterocycles. The van der Waals surface area contributed by atoms with E-state index in [0.717, 1.165) is 5.69 Å². The van der Waals surface area contributed by atoms with Gasteiger partial charge in [0.1, 0.15) is 0 Å². The van der Waals surface area contributed by atoms with Crippen molar-refractivity contribution in [2.24, 2.45) is 0 Å². The summed E-state index contributed by atoms with van der Waals surface area (Å²) < 4.78 is 7.09. The molecule has 0 amide bonds. The molecule has 2 rings (SSSR count). The van der Waals surface area contributed by atoms with Gasteiger partial charge < -0.3 is 0 Å². The summed E-state index contributed by atoms with van der Waals surface area (Å²) in [6.45, 7) is 0. The number of H-pyrrole nitrogens is 1. The van der Waals surface area contributed by atoms with Crippen molar-refractivity contribution in [2.75, 3.05) is 0 Å². The number of aromatic nitrogens is 2. The molecule has 1 aromatic heterocycles. The number of hydrogen-bond donors (Lipinski definition) is 1. The molecule has 0 aliphatic heterocycles. The van der Waals surface area contributed by atoms with Gasteiger partial charge in [-0.05, 0) is 18.9 Å². The quantitative estimate of drug-likeness (QED) is 0.578. The Labute approximate surface area is 49.3 Å². The Bertz CT molecular complexity index is 215. The summed E-state index contributed by atoms with van der Waals surface area (Å²) in [5, 5.41) is 6.55. The highest BCUT2D eigenvalue weighted by atomic mass is 15.1. The minimum absolute atomic E-state index is 0.358. The van der Waals surface area contributed by atoms with Crippen LogP contribution in [0.2, 0.25) is 0 Å². The van der Waals surface area contributed by atoms with Crippen molar-refractivity contribution in [1.82, 2.24) is 10.2 Å². The van der Waals surface area contributed by atoms with E-state index in [1.54, 1.807) is 6.07 Å². The van der Waals surface area contributed by atoms with Gasteiger partial charge in [-0.15, -0.1) is 0 Å². The molecule has 0 atom stereocenters. The summed E-state index contributed by atoms with van der Waals surface area (Å²) in [5.41, 5.74) is 1.14. The van der Waals surface area contributed by atoms with Crippen LogP contribution in [0.5, 0.6) is 0 Å². The van der Waals surface area contributed by atoms with Crippen molar-refractivity contribution >= 4 is 0 Å². The zero-order valence-corrected chi connectivity index (χ0v) is 4.52. The summed E-state index contributed by atoms with van der Waals surface area (Å²) in [7, 11) is 0. The molecule has 1 saturated carbocycles. The number of nitrogens with one attached hydrogen (secondary N) is 1. The van der Waals surface area contributed by atoms with Gasteiger partial charge in [0.25, 0.3) is 0 Å². The van der Waals surface area contributed by atoms with Gasteiger partial charge >= 0.3 is 0 Å². The number of hydrogen-bond acceptors (Lipinski definition) is 1. The predicted molar refractivity (Wildman–Crippen MR) is 30.6 cm³/mol. The summed E-state index contributed by atoms with van der Waals surface area (Å²) >= 11 is 0. The SMILES string of the molecule is [2H]c1cc(C2CC2)[nH]n1. The third-order valence-corrected chi connectivity index (χ3v) is 1.49. The third-order valence-electron chi connectivity index (χ3n) is 1.49. The fraction of sp³-hybridized carbons (Fsp3) is 0.500. The summed E-state index contributed by atoms with van der Waals surface area (Å²) in [6.07, 6.45) is 2.89. The first-order valence-electron chi connectivity index (χ1n) is 3.38. The maximum absolute atomic E-state index is 7.09. The first kappa shape index (κ1) is 3.28. The molecule has 1 aromatic rings. The van der Waals surface area contributed by atoms with Crippen LogP contribution < -0.4 is 0 Å². The topological polar surface area (TPSA) is 28.7 Å². The van der Waals surface area contributed by atoms with Crippen LogP contribution >= 0.6 is 0 Å². The zero-order chi connectivity index (χ0) is 6.27. The number of nitrogens with zero attached hydrogens (tertiary/aromatic N) is 1. The van der Waals surface area contributed by atoms with Crippen molar-refractivity contribution in [2.45, 2.75) is 18.8 Å². The molecule has 42 valence electrons. The maximum Gasteiger partial charge on any atom is 0.0860 e. The predicted octanol–water partition coefficient (Wildman–Crippen LogP) is 1.29. The molecule has 2 nitrogen and oxygen atoms in total. The largest absolute Gasteiger partial charge is 0.282 e. The highest BCUT2D eigenvalue weighted by molar-refractivity contribution is 5.11. The van der Waals surface area contributed by atoms with Crippen LogP contribution in [-0.2, 0) is 0 Å². The standard InChI is InChI=1S/C6H8N2/c1-2-5(1)6-3-4-7-8-6/h3-5H,1-2H2,(H,7,8)/i4D. The molecule has 1 heterocycles. The lowest BCUT2D eigenvalue weighted by Gasteiger charge is -1.83. The fourth-order valence-corrected chi connectivity index (χ4v) is 0.834. The van der Waals surface area contributed by atoms with Crippen molar-refractivity contribution in [1.29, 1.82) is 0 Å². The van der Waals surface area contributed by atoms with Gasteiger partial charge in [0, 0.05) is 17.8 Å². The van der Waals surface area contributed by atoms with Crippen LogP contribution in [0.1, 0.15) is 25.8 Å². The Morgan fingerprint density at radius 1 is 1.88 bits per heavy atom. The lowest BCUT2D eigenvalue weighted by Crippen LogP contribution is -1.75. The zero-order valence-electron chi connectivity index (χ0n) is 5.52. The minimum atomic E-state index is 0.358. The van der Waals surface area contributed by atoms with Gasteiger partial charge in [0.05, 0.1) is 1.37 Å². The van der Waals surface area contributed by atoms with Crippen molar-refractivity contribution in [3.05, 3.63) is 17.9 Å². The Morgan fingerprint density at radius 2 is 2.75 bits per heavy atom. The Morgan fingerprint density at radius 3 is 3.25 bits per heavy atom. The smallest absolute Gasteiger partial charge is 0.0860 e. The van der Waals surface area contributed by atoms with E-state index in [2.05, 4.69) is 10.2 Å². The molecule has 0 bridgehead atoms. The molecule has 0 radical (unpaired) electrons. The number of rotatable bonds is 1. The first-order valence-corrected chi connectivity index (χ1v) is 2.88. The van der Waals surface area contributed by atoms with Crippen LogP contribution in [0.4, 0.5) is 0 Å². The highest BCUT2D eigenvalue weighted by Gasteiger charge is 2.24. The van der Waals surface area contributed by atoms with E-state index in [1.807, 2.05) is 0 Å². The Hall–Kier alpha value is -0.790. The Balaban J connectivity index is 2.28. The van der Waals surface area contributed by atoms with Gasteiger partial charge in [-0.2, -0.15) is 5.10 Å². The van der Waals surface area contributed by atoms with Crippen LogP contribution in [0.25, 0.3) is 0 Å². The second-order valence-corrected chi connectivity index (χ2v) is 2.23. The Kier molecular flexibility index (Phi) is 0.550. The van der Waals surface area contributed by atoms with Crippen LogP contribution in [0.3, 0.4) is 0 Å². The molecule has 1 fully saturated rings. The fourth-order valence-electron chi connectivity index (χ4n) is 0.834. The van der Waals surface area contributed by atoms with E-state index in [1.165, 1.54) is 12.8 Å². The summed E-state index contributed by atoms with van der Waals surface area (Å²) in [5.74, 6) is 0.691.